The molecule has 3 heteroatoms. The van der Waals surface area contributed by atoms with Crippen LogP contribution in [0.4, 0.5) is 5.69 Å². The van der Waals surface area contributed by atoms with Crippen molar-refractivity contribution < 1.29 is 0 Å². The number of pyridine rings is 1. The van der Waals surface area contributed by atoms with Crippen LogP contribution in [0.5, 0.6) is 0 Å². The van der Waals surface area contributed by atoms with Gasteiger partial charge in [-0.3, -0.25) is 4.98 Å². The average Bonchev–Trinajstić information content (AvgIpc) is 2.55. The maximum atomic E-state index is 4.47. The molecule has 1 aromatic heterocycles. The molecule has 0 atom stereocenters. The molecule has 0 aromatic carbocycles. The molecule has 0 aliphatic heterocycles. The summed E-state index contributed by atoms with van der Waals surface area (Å²) < 4.78 is 0. The molecule has 1 aromatic rings. The molecular formula is C18H31N3. The number of aromatic nitrogens is 1. The first-order valence-electron chi connectivity index (χ1n) is 8.63. The number of anilines is 1. The van der Waals surface area contributed by atoms with Crippen molar-refractivity contribution >= 4 is 5.69 Å². The molecule has 0 spiro atoms. The Hall–Kier alpha value is -1.09. The fraction of sp³-hybridized carbons (Fsp3) is 0.722. The standard InChI is InChI=1S/C18H31N3/c1-4-11-19-14-16-13-18(10-12-20-16)21(3)17-8-6-15(5-2)7-9-17/h10,12-13,15,17,19H,4-9,11,14H2,1-3H3. The maximum Gasteiger partial charge on any atom is 0.0562 e. The molecule has 21 heavy (non-hydrogen) atoms. The number of nitrogens with zero attached hydrogens (tertiary/aromatic N) is 2. The summed E-state index contributed by atoms with van der Waals surface area (Å²) in [6, 6.07) is 5.09. The molecule has 0 amide bonds. The van der Waals surface area contributed by atoms with Crippen LogP contribution in [0.25, 0.3) is 0 Å². The van der Waals surface area contributed by atoms with Crippen molar-refractivity contribution in [1.29, 1.82) is 0 Å². The lowest BCUT2D eigenvalue weighted by atomic mass is 9.84. The molecule has 1 heterocycles. The van der Waals surface area contributed by atoms with Crippen molar-refractivity contribution in [3.05, 3.63) is 24.0 Å². The lowest BCUT2D eigenvalue weighted by Crippen LogP contribution is -2.35. The normalized spacial score (nSPS) is 22.2. The topological polar surface area (TPSA) is 28.2 Å². The summed E-state index contributed by atoms with van der Waals surface area (Å²) in [6.07, 6.45) is 9.91. The maximum absolute atomic E-state index is 4.47. The van der Waals surface area contributed by atoms with Crippen LogP contribution in [-0.2, 0) is 6.54 Å². The summed E-state index contributed by atoms with van der Waals surface area (Å²) >= 11 is 0. The van der Waals surface area contributed by atoms with Crippen molar-refractivity contribution in [1.82, 2.24) is 10.3 Å². The van der Waals surface area contributed by atoms with Crippen molar-refractivity contribution in [2.75, 3.05) is 18.5 Å². The van der Waals surface area contributed by atoms with Crippen LogP contribution in [0.1, 0.15) is 58.1 Å². The molecule has 0 saturated heterocycles. The van der Waals surface area contributed by atoms with E-state index in [4.69, 9.17) is 0 Å². The highest BCUT2D eigenvalue weighted by atomic mass is 15.1. The van der Waals surface area contributed by atoms with E-state index in [-0.39, 0.29) is 0 Å². The van der Waals surface area contributed by atoms with Gasteiger partial charge in [0.15, 0.2) is 0 Å². The first-order chi connectivity index (χ1) is 10.2. The molecule has 0 bridgehead atoms. The Balaban J connectivity index is 1.92. The second kappa shape index (κ2) is 8.38. The Labute approximate surface area is 130 Å². The van der Waals surface area contributed by atoms with E-state index in [0.29, 0.717) is 6.04 Å². The van der Waals surface area contributed by atoms with Gasteiger partial charge in [-0.05, 0) is 56.7 Å². The van der Waals surface area contributed by atoms with Crippen molar-refractivity contribution in [3.8, 4) is 0 Å². The zero-order valence-corrected chi connectivity index (χ0v) is 13.9. The van der Waals surface area contributed by atoms with Crippen LogP contribution >= 0.6 is 0 Å². The van der Waals surface area contributed by atoms with E-state index >= 15 is 0 Å². The minimum absolute atomic E-state index is 0.701. The van der Waals surface area contributed by atoms with Crippen LogP contribution in [0.3, 0.4) is 0 Å². The fourth-order valence-corrected chi connectivity index (χ4v) is 3.33. The summed E-state index contributed by atoms with van der Waals surface area (Å²) in [4.78, 5) is 6.94. The third-order valence-electron chi connectivity index (χ3n) is 4.88. The van der Waals surface area contributed by atoms with Gasteiger partial charge in [0.25, 0.3) is 0 Å². The van der Waals surface area contributed by atoms with Crippen molar-refractivity contribution in [2.24, 2.45) is 5.92 Å². The van der Waals surface area contributed by atoms with Gasteiger partial charge in [0.05, 0.1) is 5.69 Å². The van der Waals surface area contributed by atoms with E-state index < -0.39 is 0 Å². The van der Waals surface area contributed by atoms with Gasteiger partial charge in [0, 0.05) is 31.5 Å². The van der Waals surface area contributed by atoms with Crippen LogP contribution in [-0.4, -0.2) is 24.6 Å². The highest BCUT2D eigenvalue weighted by Crippen LogP contribution is 2.31. The van der Waals surface area contributed by atoms with E-state index in [0.717, 1.165) is 24.7 Å². The smallest absolute Gasteiger partial charge is 0.0562 e. The SMILES string of the molecule is CCCNCc1cc(N(C)C2CCC(CC)CC2)ccn1. The van der Waals surface area contributed by atoms with Gasteiger partial charge in [-0.25, -0.2) is 0 Å². The van der Waals surface area contributed by atoms with Gasteiger partial charge in [0.1, 0.15) is 0 Å². The summed E-state index contributed by atoms with van der Waals surface area (Å²) in [5.74, 6) is 0.959. The highest BCUT2D eigenvalue weighted by molar-refractivity contribution is 5.46. The lowest BCUT2D eigenvalue weighted by molar-refractivity contribution is 0.313. The zero-order valence-electron chi connectivity index (χ0n) is 13.9. The third-order valence-corrected chi connectivity index (χ3v) is 4.88. The largest absolute Gasteiger partial charge is 0.372 e. The minimum atomic E-state index is 0.701. The van der Waals surface area contributed by atoms with Crippen LogP contribution < -0.4 is 10.2 Å². The summed E-state index contributed by atoms with van der Waals surface area (Å²) in [6.45, 7) is 6.45. The predicted octanol–water partition coefficient (Wildman–Crippen LogP) is 3.99. The molecule has 0 unspecified atom stereocenters. The van der Waals surface area contributed by atoms with Gasteiger partial charge >= 0.3 is 0 Å². The van der Waals surface area contributed by atoms with E-state index in [2.05, 4.69) is 48.2 Å². The number of hydrogen-bond acceptors (Lipinski definition) is 3. The Kier molecular flexibility index (Phi) is 6.50. The Morgan fingerprint density at radius 2 is 2.00 bits per heavy atom. The lowest BCUT2D eigenvalue weighted by Gasteiger charge is -2.36. The third kappa shape index (κ3) is 4.70. The number of hydrogen-bond donors (Lipinski definition) is 1. The van der Waals surface area contributed by atoms with Crippen LogP contribution in [0.15, 0.2) is 18.3 Å². The van der Waals surface area contributed by atoms with E-state index in [1.165, 1.54) is 44.2 Å². The van der Waals surface area contributed by atoms with Crippen molar-refractivity contribution in [3.63, 3.8) is 0 Å². The van der Waals surface area contributed by atoms with E-state index in [9.17, 15) is 0 Å². The summed E-state index contributed by atoms with van der Waals surface area (Å²) in [5, 5.41) is 3.43. The Morgan fingerprint density at radius 3 is 2.67 bits per heavy atom. The Morgan fingerprint density at radius 1 is 1.24 bits per heavy atom. The van der Waals surface area contributed by atoms with Crippen molar-refractivity contribution in [2.45, 2.75) is 65.0 Å². The number of rotatable bonds is 7. The summed E-state index contributed by atoms with van der Waals surface area (Å²) in [7, 11) is 2.25. The second-order valence-electron chi connectivity index (χ2n) is 6.38. The number of nitrogens with one attached hydrogen (secondary N) is 1. The van der Waals surface area contributed by atoms with Gasteiger partial charge < -0.3 is 10.2 Å². The molecule has 1 fully saturated rings. The van der Waals surface area contributed by atoms with Gasteiger partial charge in [-0.15, -0.1) is 0 Å². The first-order valence-corrected chi connectivity index (χ1v) is 8.63. The zero-order chi connectivity index (χ0) is 15.1. The molecule has 1 N–H and O–H groups in total. The predicted molar refractivity (Wildman–Crippen MR) is 90.7 cm³/mol. The molecule has 118 valence electrons. The average molecular weight is 289 g/mol. The quantitative estimate of drug-likeness (QED) is 0.769. The molecule has 2 rings (SSSR count). The molecule has 3 nitrogen and oxygen atoms in total. The molecule has 1 saturated carbocycles. The van der Waals surface area contributed by atoms with E-state index in [1.54, 1.807) is 0 Å². The first kappa shape index (κ1) is 16.3. The molecule has 1 aliphatic carbocycles. The monoisotopic (exact) mass is 289 g/mol. The Bertz CT molecular complexity index is 411. The molecule has 0 radical (unpaired) electrons. The van der Waals surface area contributed by atoms with E-state index in [1.807, 2.05) is 6.20 Å². The fourth-order valence-electron chi connectivity index (χ4n) is 3.33. The van der Waals surface area contributed by atoms with Gasteiger partial charge in [0.2, 0.25) is 0 Å². The second-order valence-corrected chi connectivity index (χ2v) is 6.38. The molecular weight excluding hydrogens is 258 g/mol. The van der Waals surface area contributed by atoms with Gasteiger partial charge in [-0.1, -0.05) is 20.3 Å². The molecule has 1 aliphatic rings. The summed E-state index contributed by atoms with van der Waals surface area (Å²) in [5.41, 5.74) is 2.47. The van der Waals surface area contributed by atoms with Crippen LogP contribution in [0.2, 0.25) is 0 Å². The minimum Gasteiger partial charge on any atom is -0.372 e. The van der Waals surface area contributed by atoms with Gasteiger partial charge in [-0.2, -0.15) is 0 Å². The van der Waals surface area contributed by atoms with Crippen LogP contribution in [0, 0.1) is 5.92 Å². The highest BCUT2D eigenvalue weighted by Gasteiger charge is 2.23.